The second-order valence-corrected chi connectivity index (χ2v) is 5.85. The van der Waals surface area contributed by atoms with Gasteiger partial charge in [-0.15, -0.1) is 22.9 Å². The monoisotopic (exact) mass is 265 g/mol. The van der Waals surface area contributed by atoms with E-state index in [4.69, 9.17) is 23.2 Å². The first-order valence-electron chi connectivity index (χ1n) is 4.68. The summed E-state index contributed by atoms with van der Waals surface area (Å²) in [5, 5.41) is 2.74. The number of rotatable bonds is 4. The summed E-state index contributed by atoms with van der Waals surface area (Å²) >= 11 is 13.0. The van der Waals surface area contributed by atoms with Crippen molar-refractivity contribution >= 4 is 40.4 Å². The lowest BCUT2D eigenvalue weighted by molar-refractivity contribution is 0.0956. The van der Waals surface area contributed by atoms with Crippen molar-refractivity contribution in [3.63, 3.8) is 0 Å². The molecule has 0 spiro atoms. The summed E-state index contributed by atoms with van der Waals surface area (Å²) in [7, 11) is 0. The van der Waals surface area contributed by atoms with Crippen LogP contribution in [-0.4, -0.2) is 17.8 Å². The molecule has 0 aromatic carbocycles. The fraction of sp³-hybridized carbons (Fsp3) is 0.500. The van der Waals surface area contributed by atoms with Crippen LogP contribution in [0.2, 0.25) is 4.34 Å². The summed E-state index contributed by atoms with van der Waals surface area (Å²) in [5.41, 5.74) is 0. The minimum atomic E-state index is -0.113. The molecule has 0 fully saturated rings. The molecule has 0 aliphatic heterocycles. The maximum Gasteiger partial charge on any atom is 0.261 e. The molecule has 0 bridgehead atoms. The number of hydrogen-bond donors (Lipinski definition) is 1. The van der Waals surface area contributed by atoms with E-state index in [1.165, 1.54) is 11.3 Å². The summed E-state index contributed by atoms with van der Waals surface area (Å²) < 4.78 is 0.617. The number of nitrogens with one attached hydrogen (secondary N) is 1. The standard InChI is InChI=1S/C10H13Cl2NOS/c1-6(2)7(11)5-13-10(14)8-3-4-9(12)15-8/h3-4,6-7H,5H2,1-2H3,(H,13,14). The van der Waals surface area contributed by atoms with Crippen molar-refractivity contribution in [3.8, 4) is 0 Å². The second kappa shape index (κ2) is 5.73. The van der Waals surface area contributed by atoms with Crippen LogP contribution in [-0.2, 0) is 0 Å². The van der Waals surface area contributed by atoms with Crippen molar-refractivity contribution in [3.05, 3.63) is 21.3 Å². The molecule has 0 saturated carbocycles. The highest BCUT2D eigenvalue weighted by Crippen LogP contribution is 2.21. The summed E-state index contributed by atoms with van der Waals surface area (Å²) in [6.07, 6.45) is 0. The van der Waals surface area contributed by atoms with E-state index in [9.17, 15) is 4.79 Å². The van der Waals surface area contributed by atoms with E-state index < -0.39 is 0 Å². The van der Waals surface area contributed by atoms with Crippen LogP contribution in [0.4, 0.5) is 0 Å². The summed E-state index contributed by atoms with van der Waals surface area (Å²) in [6.45, 7) is 4.52. The van der Waals surface area contributed by atoms with Crippen molar-refractivity contribution in [2.75, 3.05) is 6.54 Å². The lowest BCUT2D eigenvalue weighted by atomic mass is 10.1. The molecule has 1 N–H and O–H groups in total. The first-order valence-corrected chi connectivity index (χ1v) is 6.31. The Morgan fingerprint density at radius 2 is 2.20 bits per heavy atom. The van der Waals surface area contributed by atoms with E-state index in [0.29, 0.717) is 21.7 Å². The minimum Gasteiger partial charge on any atom is -0.350 e. The van der Waals surface area contributed by atoms with Gasteiger partial charge in [0.15, 0.2) is 0 Å². The fourth-order valence-electron chi connectivity index (χ4n) is 0.949. The topological polar surface area (TPSA) is 29.1 Å². The molecule has 5 heteroatoms. The van der Waals surface area contributed by atoms with Gasteiger partial charge < -0.3 is 5.32 Å². The molecule has 15 heavy (non-hydrogen) atoms. The third-order valence-corrected chi connectivity index (χ3v) is 3.87. The minimum absolute atomic E-state index is 0.0376. The second-order valence-electron chi connectivity index (χ2n) is 3.57. The van der Waals surface area contributed by atoms with Gasteiger partial charge in [0, 0.05) is 6.54 Å². The van der Waals surface area contributed by atoms with E-state index in [-0.39, 0.29) is 11.3 Å². The first kappa shape index (κ1) is 12.8. The largest absolute Gasteiger partial charge is 0.350 e. The van der Waals surface area contributed by atoms with Crippen LogP contribution in [0.25, 0.3) is 0 Å². The third kappa shape index (κ3) is 4.01. The van der Waals surface area contributed by atoms with Crippen molar-refractivity contribution in [1.29, 1.82) is 0 Å². The van der Waals surface area contributed by atoms with Crippen LogP contribution in [0.1, 0.15) is 23.5 Å². The maximum absolute atomic E-state index is 11.6. The molecule has 84 valence electrons. The molecule has 0 saturated heterocycles. The van der Waals surface area contributed by atoms with Gasteiger partial charge in [0.2, 0.25) is 0 Å². The van der Waals surface area contributed by atoms with Crippen molar-refractivity contribution in [2.24, 2.45) is 5.92 Å². The van der Waals surface area contributed by atoms with Gasteiger partial charge in [0.05, 0.1) is 14.6 Å². The average molecular weight is 266 g/mol. The number of carbonyl (C=O) groups excluding carboxylic acids is 1. The SMILES string of the molecule is CC(C)C(Cl)CNC(=O)c1ccc(Cl)s1. The summed E-state index contributed by atoms with van der Waals surface area (Å²) in [6, 6.07) is 3.42. The molecule has 0 aliphatic carbocycles. The van der Waals surface area contributed by atoms with Gasteiger partial charge >= 0.3 is 0 Å². The number of alkyl halides is 1. The van der Waals surface area contributed by atoms with Gasteiger partial charge in [0.1, 0.15) is 0 Å². The normalized spacial score (nSPS) is 12.9. The summed E-state index contributed by atoms with van der Waals surface area (Å²) in [4.78, 5) is 12.2. The van der Waals surface area contributed by atoms with Gasteiger partial charge in [-0.2, -0.15) is 0 Å². The lowest BCUT2D eigenvalue weighted by Crippen LogP contribution is -2.31. The van der Waals surface area contributed by atoms with Crippen molar-refractivity contribution in [1.82, 2.24) is 5.32 Å². The summed E-state index contributed by atoms with van der Waals surface area (Å²) in [5.74, 6) is 0.233. The molecule has 1 atom stereocenters. The Balaban J connectivity index is 2.43. The van der Waals surface area contributed by atoms with Crippen LogP contribution >= 0.6 is 34.5 Å². The zero-order chi connectivity index (χ0) is 11.4. The average Bonchev–Trinajstić information content (AvgIpc) is 2.60. The zero-order valence-corrected chi connectivity index (χ0v) is 10.9. The maximum atomic E-state index is 11.6. The molecule has 1 aromatic heterocycles. The lowest BCUT2D eigenvalue weighted by Gasteiger charge is -2.13. The van der Waals surface area contributed by atoms with E-state index >= 15 is 0 Å². The Kier molecular flexibility index (Phi) is 4.90. The Bertz CT molecular complexity index is 338. The van der Waals surface area contributed by atoms with Crippen molar-refractivity contribution < 1.29 is 4.79 Å². The molecular formula is C10H13Cl2NOS. The first-order chi connectivity index (χ1) is 7.00. The van der Waals surface area contributed by atoms with Gasteiger partial charge in [-0.3, -0.25) is 4.79 Å². The Morgan fingerprint density at radius 1 is 1.53 bits per heavy atom. The quantitative estimate of drug-likeness (QED) is 0.831. The Hall–Kier alpha value is -0.250. The van der Waals surface area contributed by atoms with Gasteiger partial charge in [-0.1, -0.05) is 25.4 Å². The van der Waals surface area contributed by atoms with E-state index in [0.717, 1.165) is 0 Å². The highest BCUT2D eigenvalue weighted by molar-refractivity contribution is 7.17. The number of hydrogen-bond acceptors (Lipinski definition) is 2. The van der Waals surface area contributed by atoms with Crippen LogP contribution in [0, 0.1) is 5.92 Å². The van der Waals surface area contributed by atoms with Crippen molar-refractivity contribution in [2.45, 2.75) is 19.2 Å². The predicted molar refractivity (Wildman–Crippen MR) is 66.1 cm³/mol. The fourth-order valence-corrected chi connectivity index (χ4v) is 1.99. The molecule has 0 aliphatic rings. The molecular weight excluding hydrogens is 253 g/mol. The zero-order valence-electron chi connectivity index (χ0n) is 8.59. The van der Waals surface area contributed by atoms with Gasteiger partial charge in [0.25, 0.3) is 5.91 Å². The smallest absolute Gasteiger partial charge is 0.261 e. The Morgan fingerprint density at radius 3 is 2.67 bits per heavy atom. The van der Waals surface area contributed by atoms with E-state index in [1.54, 1.807) is 12.1 Å². The van der Waals surface area contributed by atoms with Gasteiger partial charge in [-0.25, -0.2) is 0 Å². The van der Waals surface area contributed by atoms with Crippen LogP contribution < -0.4 is 5.32 Å². The van der Waals surface area contributed by atoms with Crippen LogP contribution in [0.15, 0.2) is 12.1 Å². The Labute approximate surface area is 104 Å². The highest BCUT2D eigenvalue weighted by Gasteiger charge is 2.13. The molecule has 2 nitrogen and oxygen atoms in total. The van der Waals surface area contributed by atoms with Crippen LogP contribution in [0.3, 0.4) is 0 Å². The molecule has 1 rings (SSSR count). The predicted octanol–water partition coefficient (Wildman–Crippen LogP) is 3.39. The van der Waals surface area contributed by atoms with Crippen LogP contribution in [0.5, 0.6) is 0 Å². The number of halogens is 2. The number of carbonyl (C=O) groups is 1. The molecule has 1 heterocycles. The van der Waals surface area contributed by atoms with E-state index in [1.807, 2.05) is 13.8 Å². The molecule has 1 amide bonds. The number of thiophene rings is 1. The highest BCUT2D eigenvalue weighted by atomic mass is 35.5. The molecule has 1 unspecified atom stereocenters. The number of amides is 1. The molecule has 0 radical (unpaired) electrons. The van der Waals surface area contributed by atoms with Gasteiger partial charge in [-0.05, 0) is 18.1 Å². The third-order valence-electron chi connectivity index (χ3n) is 1.98. The van der Waals surface area contributed by atoms with E-state index in [2.05, 4.69) is 5.32 Å². The molecule has 1 aromatic rings.